The zero-order chi connectivity index (χ0) is 17.0. The van der Waals surface area contributed by atoms with Crippen LogP contribution in [0.5, 0.6) is 0 Å². The first-order chi connectivity index (χ1) is 10.9. The summed E-state index contributed by atoms with van der Waals surface area (Å²) in [7, 11) is 0. The van der Waals surface area contributed by atoms with Gasteiger partial charge in [-0.05, 0) is 49.2 Å². The quantitative estimate of drug-likeness (QED) is 0.765. The molecule has 0 aliphatic carbocycles. The summed E-state index contributed by atoms with van der Waals surface area (Å²) in [6.45, 7) is 6.24. The molecule has 0 bridgehead atoms. The summed E-state index contributed by atoms with van der Waals surface area (Å²) in [6, 6.07) is 8.44. The number of nitrogens with one attached hydrogen (secondary N) is 1. The molecule has 0 fully saturated rings. The summed E-state index contributed by atoms with van der Waals surface area (Å²) in [5, 5.41) is 12.1. The minimum absolute atomic E-state index is 0.0279. The minimum Gasteiger partial charge on any atom is -0.475 e. The standard InChI is InChI=1S/C17H19NO4S/c1-4-11(3)23-12-5-6-13(10(2)9-12)18-16(19)14-7-8-15(22-14)17(20)21/h5-9,11H,4H2,1-3H3,(H,18,19)(H,20,21). The van der Waals surface area contributed by atoms with Gasteiger partial charge in [0.2, 0.25) is 5.76 Å². The molecule has 6 heteroatoms. The van der Waals surface area contributed by atoms with Crippen molar-refractivity contribution in [1.82, 2.24) is 0 Å². The van der Waals surface area contributed by atoms with Crippen LogP contribution in [0.3, 0.4) is 0 Å². The van der Waals surface area contributed by atoms with Gasteiger partial charge in [0.15, 0.2) is 5.76 Å². The average Bonchev–Trinajstić information content (AvgIpc) is 3.00. The van der Waals surface area contributed by atoms with Gasteiger partial charge in [0.05, 0.1) is 0 Å². The predicted octanol–water partition coefficient (Wildman–Crippen LogP) is 4.43. The van der Waals surface area contributed by atoms with E-state index in [0.717, 1.165) is 16.9 Å². The Morgan fingerprint density at radius 2 is 1.96 bits per heavy atom. The Morgan fingerprint density at radius 3 is 2.52 bits per heavy atom. The molecule has 0 spiro atoms. The number of aryl methyl sites for hydroxylation is 1. The normalized spacial score (nSPS) is 12.0. The van der Waals surface area contributed by atoms with E-state index in [2.05, 4.69) is 19.2 Å². The molecule has 0 saturated carbocycles. The first-order valence-corrected chi connectivity index (χ1v) is 8.20. The maximum Gasteiger partial charge on any atom is 0.371 e. The van der Waals surface area contributed by atoms with E-state index in [4.69, 9.17) is 9.52 Å². The predicted molar refractivity (Wildman–Crippen MR) is 90.4 cm³/mol. The van der Waals surface area contributed by atoms with Crippen LogP contribution in [0.4, 0.5) is 5.69 Å². The highest BCUT2D eigenvalue weighted by Crippen LogP contribution is 2.28. The van der Waals surface area contributed by atoms with Gasteiger partial charge in [-0.25, -0.2) is 4.79 Å². The SMILES string of the molecule is CCC(C)Sc1ccc(NC(=O)c2ccc(C(=O)O)o2)c(C)c1. The Morgan fingerprint density at radius 1 is 1.26 bits per heavy atom. The molecular weight excluding hydrogens is 314 g/mol. The maximum atomic E-state index is 12.1. The molecule has 0 radical (unpaired) electrons. The fourth-order valence-electron chi connectivity index (χ4n) is 1.92. The number of carboxylic acids is 1. The van der Waals surface area contributed by atoms with Gasteiger partial charge in [-0.15, -0.1) is 11.8 Å². The smallest absolute Gasteiger partial charge is 0.371 e. The first kappa shape index (κ1) is 17.1. The highest BCUT2D eigenvalue weighted by molar-refractivity contribution is 7.99. The van der Waals surface area contributed by atoms with Crippen LogP contribution in [0.1, 0.15) is 46.9 Å². The van der Waals surface area contributed by atoms with Crippen LogP contribution < -0.4 is 5.32 Å². The third-order valence-corrected chi connectivity index (χ3v) is 4.66. The molecule has 23 heavy (non-hydrogen) atoms. The molecule has 2 rings (SSSR count). The molecule has 1 atom stereocenters. The highest BCUT2D eigenvalue weighted by Gasteiger charge is 2.16. The lowest BCUT2D eigenvalue weighted by molar-refractivity contribution is 0.0660. The molecular formula is C17H19NO4S. The second kappa shape index (κ2) is 7.37. The molecule has 1 aromatic carbocycles. The van der Waals surface area contributed by atoms with Crippen molar-refractivity contribution in [3.05, 3.63) is 47.4 Å². The number of carbonyl (C=O) groups excluding carboxylic acids is 1. The lowest BCUT2D eigenvalue weighted by Crippen LogP contribution is -2.12. The molecule has 1 unspecified atom stereocenters. The van der Waals surface area contributed by atoms with E-state index in [1.165, 1.54) is 12.1 Å². The Bertz CT molecular complexity index is 723. The molecule has 0 aliphatic rings. The van der Waals surface area contributed by atoms with E-state index < -0.39 is 11.9 Å². The second-order valence-electron chi connectivity index (χ2n) is 5.24. The van der Waals surface area contributed by atoms with E-state index in [1.54, 1.807) is 11.8 Å². The Balaban J connectivity index is 2.10. The number of hydrogen-bond donors (Lipinski definition) is 2. The summed E-state index contributed by atoms with van der Waals surface area (Å²) in [4.78, 5) is 24.0. The Kier molecular flexibility index (Phi) is 5.50. The number of aromatic carboxylic acids is 1. The Hall–Kier alpha value is -2.21. The number of thioether (sulfide) groups is 1. The fourth-order valence-corrected chi connectivity index (χ4v) is 2.95. The largest absolute Gasteiger partial charge is 0.475 e. The number of rotatable bonds is 6. The lowest BCUT2D eigenvalue weighted by atomic mass is 10.2. The topological polar surface area (TPSA) is 79.5 Å². The maximum absolute atomic E-state index is 12.1. The van der Waals surface area contributed by atoms with Crippen LogP contribution in [-0.4, -0.2) is 22.2 Å². The monoisotopic (exact) mass is 333 g/mol. The summed E-state index contributed by atoms with van der Waals surface area (Å²) >= 11 is 1.79. The molecule has 1 amide bonds. The third kappa shape index (κ3) is 4.39. The fraction of sp³-hybridized carbons (Fsp3) is 0.294. The van der Waals surface area contributed by atoms with Crippen molar-refractivity contribution in [2.75, 3.05) is 5.32 Å². The van der Waals surface area contributed by atoms with Gasteiger partial charge in [-0.3, -0.25) is 4.79 Å². The van der Waals surface area contributed by atoms with Gasteiger partial charge in [0.25, 0.3) is 5.91 Å². The van der Waals surface area contributed by atoms with Crippen LogP contribution >= 0.6 is 11.8 Å². The number of benzene rings is 1. The minimum atomic E-state index is -1.20. The lowest BCUT2D eigenvalue weighted by Gasteiger charge is -2.12. The van der Waals surface area contributed by atoms with Crippen molar-refractivity contribution < 1.29 is 19.1 Å². The van der Waals surface area contributed by atoms with E-state index in [0.29, 0.717) is 10.9 Å². The summed E-state index contributed by atoms with van der Waals surface area (Å²) in [5.74, 6) is -1.96. The van der Waals surface area contributed by atoms with Crippen LogP contribution in [0, 0.1) is 6.92 Å². The first-order valence-electron chi connectivity index (χ1n) is 7.32. The Labute approximate surface area is 139 Å². The molecule has 0 saturated heterocycles. The van der Waals surface area contributed by atoms with E-state index in [-0.39, 0.29) is 11.5 Å². The van der Waals surface area contributed by atoms with Gasteiger partial charge in [0.1, 0.15) is 0 Å². The van der Waals surface area contributed by atoms with Crippen molar-refractivity contribution in [3.63, 3.8) is 0 Å². The zero-order valence-corrected chi connectivity index (χ0v) is 14.1. The molecule has 0 aliphatic heterocycles. The van der Waals surface area contributed by atoms with Crippen molar-refractivity contribution in [1.29, 1.82) is 0 Å². The van der Waals surface area contributed by atoms with Crippen LogP contribution in [-0.2, 0) is 0 Å². The molecule has 5 nitrogen and oxygen atoms in total. The second-order valence-corrected chi connectivity index (χ2v) is 6.75. The van der Waals surface area contributed by atoms with E-state index in [9.17, 15) is 9.59 Å². The third-order valence-electron chi connectivity index (χ3n) is 3.40. The van der Waals surface area contributed by atoms with Crippen LogP contribution in [0.15, 0.2) is 39.6 Å². The van der Waals surface area contributed by atoms with E-state index in [1.807, 2.05) is 25.1 Å². The number of anilines is 1. The van der Waals surface area contributed by atoms with Crippen molar-refractivity contribution in [2.45, 2.75) is 37.3 Å². The number of hydrogen-bond acceptors (Lipinski definition) is 4. The summed E-state index contributed by atoms with van der Waals surface area (Å²) in [5.41, 5.74) is 1.62. The van der Waals surface area contributed by atoms with Crippen LogP contribution in [0.2, 0.25) is 0 Å². The van der Waals surface area contributed by atoms with Crippen LogP contribution in [0.25, 0.3) is 0 Å². The van der Waals surface area contributed by atoms with Gasteiger partial charge < -0.3 is 14.8 Å². The zero-order valence-electron chi connectivity index (χ0n) is 13.3. The van der Waals surface area contributed by atoms with Gasteiger partial charge in [-0.1, -0.05) is 13.8 Å². The average molecular weight is 333 g/mol. The molecule has 1 heterocycles. The van der Waals surface area contributed by atoms with Gasteiger partial charge in [0, 0.05) is 15.8 Å². The molecule has 2 N–H and O–H groups in total. The highest BCUT2D eigenvalue weighted by atomic mass is 32.2. The van der Waals surface area contributed by atoms with Crippen molar-refractivity contribution in [2.24, 2.45) is 0 Å². The van der Waals surface area contributed by atoms with Gasteiger partial charge in [-0.2, -0.15) is 0 Å². The molecule has 1 aromatic heterocycles. The number of amides is 1. The molecule has 122 valence electrons. The number of carbonyl (C=O) groups is 2. The summed E-state index contributed by atoms with van der Waals surface area (Å²) < 4.78 is 4.99. The number of furan rings is 1. The summed E-state index contributed by atoms with van der Waals surface area (Å²) in [6.07, 6.45) is 1.09. The van der Waals surface area contributed by atoms with Gasteiger partial charge >= 0.3 is 5.97 Å². The van der Waals surface area contributed by atoms with E-state index >= 15 is 0 Å². The van der Waals surface area contributed by atoms with Crippen molar-refractivity contribution in [3.8, 4) is 0 Å². The van der Waals surface area contributed by atoms with Crippen molar-refractivity contribution >= 4 is 29.3 Å². The number of carboxylic acid groups (broad SMARTS) is 1. The molecule has 2 aromatic rings.